The van der Waals surface area contributed by atoms with Gasteiger partial charge >= 0.3 is 5.97 Å². The first-order valence-electron chi connectivity index (χ1n) is 9.91. The predicted octanol–water partition coefficient (Wildman–Crippen LogP) is -1.02. The van der Waals surface area contributed by atoms with Crippen molar-refractivity contribution < 1.29 is 19.5 Å². The summed E-state index contributed by atoms with van der Waals surface area (Å²) in [7, 11) is 3.40. The molecule has 0 aromatic heterocycles. The lowest BCUT2D eigenvalue weighted by Crippen LogP contribution is -2.48. The number of aliphatic carboxylic acids is 1. The predicted molar refractivity (Wildman–Crippen MR) is 119 cm³/mol. The van der Waals surface area contributed by atoms with Crippen molar-refractivity contribution in [3.63, 3.8) is 0 Å². The zero-order chi connectivity index (χ0) is 22.0. The highest BCUT2D eigenvalue weighted by atomic mass is 32.1. The number of nitrogens with two attached hydrogens (primary N) is 1. The van der Waals surface area contributed by atoms with Crippen molar-refractivity contribution in [3.05, 3.63) is 0 Å². The number of thiol groups is 2. The summed E-state index contributed by atoms with van der Waals surface area (Å²) in [4.78, 5) is 36.4. The number of carbonyl (C=O) groups is 3. The van der Waals surface area contributed by atoms with Crippen LogP contribution in [0.4, 0.5) is 0 Å². The number of carboxylic acids is 1. The second kappa shape index (κ2) is 13.3. The zero-order valence-electron chi connectivity index (χ0n) is 17.1. The van der Waals surface area contributed by atoms with Gasteiger partial charge in [0.25, 0.3) is 0 Å². The van der Waals surface area contributed by atoms with Crippen LogP contribution in [-0.2, 0) is 14.4 Å². The van der Waals surface area contributed by atoms with Gasteiger partial charge < -0.3 is 32.1 Å². The van der Waals surface area contributed by atoms with Gasteiger partial charge in [0.05, 0.1) is 18.4 Å². The highest BCUT2D eigenvalue weighted by Gasteiger charge is 2.32. The average Bonchev–Trinajstić information content (AvgIpc) is 2.69. The molecule has 0 radical (unpaired) electrons. The van der Waals surface area contributed by atoms with E-state index in [9.17, 15) is 19.5 Å². The van der Waals surface area contributed by atoms with Crippen LogP contribution in [0.25, 0.3) is 0 Å². The third kappa shape index (κ3) is 9.56. The van der Waals surface area contributed by atoms with Crippen molar-refractivity contribution >= 4 is 43.0 Å². The normalized spacial score (nSPS) is 29.1. The van der Waals surface area contributed by atoms with Crippen LogP contribution in [0.5, 0.6) is 0 Å². The number of carboxylic acid groups (broad SMARTS) is 1. The van der Waals surface area contributed by atoms with Crippen molar-refractivity contribution in [1.29, 1.82) is 0 Å². The van der Waals surface area contributed by atoms with E-state index in [0.717, 1.165) is 0 Å². The minimum atomic E-state index is -0.920. The largest absolute Gasteiger partial charge is 0.481 e. The van der Waals surface area contributed by atoms with E-state index in [1.54, 1.807) is 14.1 Å². The Kier molecular flexibility index (Phi) is 12.0. The lowest BCUT2D eigenvalue weighted by molar-refractivity contribution is -0.142. The Morgan fingerprint density at radius 2 is 1.72 bits per heavy atom. The van der Waals surface area contributed by atoms with Gasteiger partial charge in [-0.2, -0.15) is 25.3 Å². The molecule has 29 heavy (non-hydrogen) atoms. The Bertz CT molecular complexity index is 554. The molecule has 11 heteroatoms. The molecule has 1 aliphatic carbocycles. The number of hydrogen-bond donors (Lipinski definition) is 8. The number of amides is 2. The van der Waals surface area contributed by atoms with Crippen LogP contribution >= 0.6 is 25.3 Å². The fourth-order valence-corrected chi connectivity index (χ4v) is 4.23. The fourth-order valence-electron chi connectivity index (χ4n) is 3.46. The molecule has 1 fully saturated rings. The van der Waals surface area contributed by atoms with Crippen molar-refractivity contribution in [2.24, 2.45) is 11.7 Å². The Labute approximate surface area is 183 Å². The van der Waals surface area contributed by atoms with E-state index in [2.05, 4.69) is 46.5 Å². The van der Waals surface area contributed by atoms with Gasteiger partial charge in [0, 0.05) is 35.7 Å². The third-order valence-electron chi connectivity index (χ3n) is 5.11. The Hall–Kier alpha value is -1.01. The minimum absolute atomic E-state index is 0.0459. The van der Waals surface area contributed by atoms with Crippen molar-refractivity contribution in [1.82, 2.24) is 21.3 Å². The van der Waals surface area contributed by atoms with Crippen LogP contribution < -0.4 is 27.0 Å². The summed E-state index contributed by atoms with van der Waals surface area (Å²) < 4.78 is 0. The van der Waals surface area contributed by atoms with Crippen LogP contribution in [0.2, 0.25) is 0 Å². The molecule has 0 heterocycles. The Balaban J connectivity index is 2.74. The maximum Gasteiger partial charge on any atom is 0.306 e. The second-order valence-electron chi connectivity index (χ2n) is 7.58. The van der Waals surface area contributed by atoms with Crippen LogP contribution in [-0.4, -0.2) is 78.7 Å². The summed E-state index contributed by atoms with van der Waals surface area (Å²) in [6, 6.07) is -1.28. The second-order valence-corrected chi connectivity index (χ2v) is 8.90. The fraction of sp³-hybridized carbons (Fsp3) is 0.833. The maximum absolute atomic E-state index is 12.5. The quantitative estimate of drug-likeness (QED) is 0.166. The summed E-state index contributed by atoms with van der Waals surface area (Å²) in [5.41, 5.74) is 6.19. The van der Waals surface area contributed by atoms with Crippen molar-refractivity contribution in [3.8, 4) is 0 Å². The molecule has 1 saturated carbocycles. The number of carbonyl (C=O) groups excluding carboxylic acids is 2. The third-order valence-corrected chi connectivity index (χ3v) is 6.49. The SMILES string of the molecule is CNCCNC(=O)[C@H](CC(=O)NC1CC(N)CC(S)C(S)CC(C(=O)O)C1)NC. The van der Waals surface area contributed by atoms with E-state index in [1.807, 2.05) is 0 Å². The van der Waals surface area contributed by atoms with E-state index in [-0.39, 0.29) is 47.2 Å². The molecule has 5 unspecified atom stereocenters. The molecule has 6 atom stereocenters. The van der Waals surface area contributed by atoms with E-state index < -0.39 is 17.9 Å². The molecule has 7 N–H and O–H groups in total. The van der Waals surface area contributed by atoms with Gasteiger partial charge in [0.2, 0.25) is 11.8 Å². The zero-order valence-corrected chi connectivity index (χ0v) is 18.8. The van der Waals surface area contributed by atoms with Gasteiger partial charge in [-0.3, -0.25) is 14.4 Å². The first kappa shape index (κ1) is 26.0. The monoisotopic (exact) mass is 449 g/mol. The molecule has 0 bridgehead atoms. The highest BCUT2D eigenvalue weighted by molar-refractivity contribution is 7.85. The van der Waals surface area contributed by atoms with E-state index in [1.165, 1.54) is 0 Å². The molecule has 0 aromatic carbocycles. The van der Waals surface area contributed by atoms with E-state index >= 15 is 0 Å². The molecule has 168 valence electrons. The van der Waals surface area contributed by atoms with Gasteiger partial charge in [-0.25, -0.2) is 0 Å². The van der Waals surface area contributed by atoms with Crippen molar-refractivity contribution in [2.45, 2.75) is 60.7 Å². The molecule has 9 nitrogen and oxygen atoms in total. The topological polar surface area (TPSA) is 146 Å². The van der Waals surface area contributed by atoms with Crippen LogP contribution in [0.15, 0.2) is 0 Å². The molecular weight excluding hydrogens is 414 g/mol. The highest BCUT2D eigenvalue weighted by Crippen LogP contribution is 2.28. The molecule has 0 aliphatic heterocycles. The van der Waals surface area contributed by atoms with E-state index in [0.29, 0.717) is 32.4 Å². The van der Waals surface area contributed by atoms with Crippen LogP contribution in [0, 0.1) is 5.92 Å². The Morgan fingerprint density at radius 3 is 2.31 bits per heavy atom. The van der Waals surface area contributed by atoms with Gasteiger partial charge in [-0.1, -0.05) is 0 Å². The van der Waals surface area contributed by atoms with Gasteiger partial charge in [-0.05, 0) is 39.8 Å². The number of nitrogens with one attached hydrogen (secondary N) is 4. The minimum Gasteiger partial charge on any atom is -0.481 e. The number of rotatable bonds is 9. The van der Waals surface area contributed by atoms with Gasteiger partial charge in [0.1, 0.15) is 0 Å². The molecular formula is C18H35N5O4S2. The van der Waals surface area contributed by atoms with Crippen LogP contribution in [0.3, 0.4) is 0 Å². The molecule has 2 amide bonds. The van der Waals surface area contributed by atoms with E-state index in [4.69, 9.17) is 5.73 Å². The number of likely N-dealkylation sites (N-methyl/N-ethyl adjacent to an activating group) is 2. The summed E-state index contributed by atoms with van der Waals surface area (Å²) in [5, 5.41) is 20.7. The molecule has 0 spiro atoms. The molecule has 0 saturated heterocycles. The first-order chi connectivity index (χ1) is 13.7. The summed E-state index contributed by atoms with van der Waals surface area (Å²) in [6.07, 6.45) is 1.62. The average molecular weight is 450 g/mol. The summed E-state index contributed by atoms with van der Waals surface area (Å²) in [6.45, 7) is 1.09. The van der Waals surface area contributed by atoms with Gasteiger partial charge in [-0.15, -0.1) is 0 Å². The molecule has 1 rings (SSSR count). The Morgan fingerprint density at radius 1 is 1.07 bits per heavy atom. The molecule has 1 aliphatic rings. The van der Waals surface area contributed by atoms with Crippen molar-refractivity contribution in [2.75, 3.05) is 27.2 Å². The van der Waals surface area contributed by atoms with Gasteiger partial charge in [0.15, 0.2) is 0 Å². The van der Waals surface area contributed by atoms with Crippen LogP contribution in [0.1, 0.15) is 32.1 Å². The lowest BCUT2D eigenvalue weighted by atomic mass is 9.93. The number of hydrogen-bond acceptors (Lipinski definition) is 8. The summed E-state index contributed by atoms with van der Waals surface area (Å²) in [5.74, 6) is -2.15. The first-order valence-corrected chi connectivity index (χ1v) is 10.9. The maximum atomic E-state index is 12.5. The standard InChI is InChI=1S/C18H35N5O4S2/c1-20-3-4-22-17(25)13(21-2)9-16(24)23-12-5-10(18(26)27)6-14(28)15(29)8-11(19)7-12/h10-15,20-21,28-29H,3-9,19H2,1-2H3,(H,22,25)(H,23,24)(H,26,27)/t10?,11?,12?,13-,14?,15?/m0/s1. The lowest BCUT2D eigenvalue weighted by Gasteiger charge is -2.24. The molecule has 0 aromatic rings. The summed E-state index contributed by atoms with van der Waals surface area (Å²) >= 11 is 9.00. The smallest absolute Gasteiger partial charge is 0.306 e.